The number of hydrogen-bond acceptors (Lipinski definition) is 4. The highest BCUT2D eigenvalue weighted by Crippen LogP contribution is 2.29. The Morgan fingerprint density at radius 2 is 2.08 bits per heavy atom. The quantitative estimate of drug-likeness (QED) is 0.857. The van der Waals surface area contributed by atoms with Crippen LogP contribution in [0.1, 0.15) is 39.0 Å². The van der Waals surface area contributed by atoms with Gasteiger partial charge in [0.05, 0.1) is 18.2 Å². The Hall–Kier alpha value is -2.42. The van der Waals surface area contributed by atoms with Gasteiger partial charge in [-0.15, -0.1) is 0 Å². The number of rotatable bonds is 2. The van der Waals surface area contributed by atoms with E-state index in [1.165, 1.54) is 0 Å². The Labute approximate surface area is 140 Å². The highest BCUT2D eigenvalue weighted by molar-refractivity contribution is 6.61. The molecule has 0 fully saturated rings. The molecule has 0 spiro atoms. The molecule has 1 heterocycles. The average molecular weight is 317 g/mol. The van der Waals surface area contributed by atoms with Gasteiger partial charge in [-0.3, -0.25) is 4.79 Å². The van der Waals surface area contributed by atoms with E-state index in [0.29, 0.717) is 24.2 Å². The normalized spacial score (nSPS) is 18.9. The number of carbonyl (C=O) groups is 1. The molecule has 0 aromatic heterocycles. The van der Waals surface area contributed by atoms with E-state index in [0.717, 1.165) is 35.0 Å². The molecule has 2 aromatic carbocycles. The predicted octanol–water partition coefficient (Wildman–Crippen LogP) is 1.76. The van der Waals surface area contributed by atoms with Crippen LogP contribution in [-0.2, 0) is 24.1 Å². The van der Waals surface area contributed by atoms with Crippen molar-refractivity contribution in [1.82, 2.24) is 0 Å². The summed E-state index contributed by atoms with van der Waals surface area (Å²) in [7, 11) is -0.860. The van der Waals surface area contributed by atoms with Crippen LogP contribution in [0.3, 0.4) is 0 Å². The largest absolute Gasteiger partial charge is 0.491 e. The summed E-state index contributed by atoms with van der Waals surface area (Å²) in [5.41, 5.74) is 5.10. The number of carbonyl (C=O) groups excluding carboxylic acids is 1. The molecule has 1 aliphatic carbocycles. The minimum absolute atomic E-state index is 0.0797. The van der Waals surface area contributed by atoms with Crippen LogP contribution in [0.2, 0.25) is 0 Å². The summed E-state index contributed by atoms with van der Waals surface area (Å²) < 4.78 is 5.22. The van der Waals surface area contributed by atoms with E-state index >= 15 is 0 Å². The van der Waals surface area contributed by atoms with Crippen molar-refractivity contribution in [3.63, 3.8) is 0 Å². The lowest BCUT2D eigenvalue weighted by Gasteiger charge is -2.23. The molecular weight excluding hydrogens is 301 g/mol. The predicted molar refractivity (Wildman–Crippen MR) is 89.8 cm³/mol. The molecule has 0 saturated heterocycles. The number of ketones is 1. The third-order valence-electron chi connectivity index (χ3n) is 4.99. The van der Waals surface area contributed by atoms with Crippen molar-refractivity contribution in [3.8, 4) is 6.07 Å². The lowest BCUT2D eigenvalue weighted by Crippen LogP contribution is -2.29. The summed E-state index contributed by atoms with van der Waals surface area (Å²) in [4.78, 5) is 12.8. The Morgan fingerprint density at radius 3 is 2.92 bits per heavy atom. The molecule has 2 aromatic rings. The van der Waals surface area contributed by atoms with E-state index in [9.17, 15) is 9.82 Å². The second-order valence-electron chi connectivity index (χ2n) is 6.48. The van der Waals surface area contributed by atoms with Crippen LogP contribution < -0.4 is 5.46 Å². The smallest absolute Gasteiger partial charge is 0.423 e. The van der Waals surface area contributed by atoms with E-state index in [1.807, 2.05) is 24.3 Å². The first-order chi connectivity index (χ1) is 11.7. The van der Waals surface area contributed by atoms with Gasteiger partial charge in [0.25, 0.3) is 0 Å². The molecule has 4 rings (SSSR count). The standard InChI is InChI=1S/C19H16BNO3/c21-10-13-2-3-14-5-6-15(19(22)17(14)8-13)7-12-1-4-16-11-24-20(23)18(16)9-12/h1-4,8-9,15,23H,5-7,11H2. The molecule has 118 valence electrons. The van der Waals surface area contributed by atoms with Crippen LogP contribution in [0.25, 0.3) is 0 Å². The number of hydrogen-bond donors (Lipinski definition) is 1. The van der Waals surface area contributed by atoms with E-state index in [1.54, 1.807) is 12.1 Å². The van der Waals surface area contributed by atoms with Crippen molar-refractivity contribution in [1.29, 1.82) is 5.26 Å². The molecule has 0 radical (unpaired) electrons. The first-order valence-corrected chi connectivity index (χ1v) is 8.14. The molecule has 0 saturated carbocycles. The zero-order valence-electron chi connectivity index (χ0n) is 13.2. The topological polar surface area (TPSA) is 70.3 Å². The zero-order valence-corrected chi connectivity index (χ0v) is 13.2. The molecule has 4 nitrogen and oxygen atoms in total. The molecule has 24 heavy (non-hydrogen) atoms. The van der Waals surface area contributed by atoms with Crippen LogP contribution in [-0.4, -0.2) is 17.9 Å². The van der Waals surface area contributed by atoms with Gasteiger partial charge in [0.15, 0.2) is 5.78 Å². The van der Waals surface area contributed by atoms with Crippen molar-refractivity contribution in [2.75, 3.05) is 0 Å². The number of fused-ring (bicyclic) bond motifs is 2. The molecule has 1 unspecified atom stereocenters. The summed E-state index contributed by atoms with van der Waals surface area (Å²) in [5, 5.41) is 18.9. The van der Waals surface area contributed by atoms with Crippen LogP contribution in [0, 0.1) is 17.2 Å². The maximum Gasteiger partial charge on any atom is 0.491 e. The summed E-state index contributed by atoms with van der Waals surface area (Å²) in [6, 6.07) is 13.4. The molecule has 1 aliphatic heterocycles. The van der Waals surface area contributed by atoms with Gasteiger partial charge in [-0.05, 0) is 53.5 Å². The summed E-state index contributed by atoms with van der Waals surface area (Å²) >= 11 is 0. The van der Waals surface area contributed by atoms with Gasteiger partial charge in [0, 0.05) is 11.5 Å². The third kappa shape index (κ3) is 2.54. The Balaban J connectivity index is 1.59. The summed E-state index contributed by atoms with van der Waals surface area (Å²) in [6.07, 6.45) is 2.32. The van der Waals surface area contributed by atoms with Gasteiger partial charge in [-0.25, -0.2) is 0 Å². The maximum absolute atomic E-state index is 12.8. The fraction of sp³-hybridized carbons (Fsp3) is 0.263. The third-order valence-corrected chi connectivity index (χ3v) is 4.99. The summed E-state index contributed by atoms with van der Waals surface area (Å²) in [5.74, 6) is 0.0367. The monoisotopic (exact) mass is 317 g/mol. The molecule has 2 aliphatic rings. The molecular formula is C19H16BNO3. The number of aryl methyl sites for hydroxylation is 1. The highest BCUT2D eigenvalue weighted by Gasteiger charge is 2.30. The van der Waals surface area contributed by atoms with Crippen molar-refractivity contribution in [3.05, 3.63) is 64.2 Å². The van der Waals surface area contributed by atoms with Crippen LogP contribution in [0.4, 0.5) is 0 Å². The fourth-order valence-corrected chi connectivity index (χ4v) is 3.64. The first kappa shape index (κ1) is 15.1. The molecule has 0 bridgehead atoms. The van der Waals surface area contributed by atoms with Gasteiger partial charge in [0.2, 0.25) is 0 Å². The van der Waals surface area contributed by atoms with E-state index in [2.05, 4.69) is 6.07 Å². The fourth-order valence-electron chi connectivity index (χ4n) is 3.64. The Kier molecular flexibility index (Phi) is 3.72. The highest BCUT2D eigenvalue weighted by atomic mass is 16.5. The maximum atomic E-state index is 12.8. The molecule has 0 amide bonds. The van der Waals surface area contributed by atoms with Crippen molar-refractivity contribution in [2.45, 2.75) is 25.9 Å². The SMILES string of the molecule is N#Cc1ccc2c(c1)C(=O)C(Cc1ccc3c(c1)B(O)OC3)CC2. The number of benzene rings is 2. The van der Waals surface area contributed by atoms with Crippen molar-refractivity contribution >= 4 is 18.4 Å². The van der Waals surface area contributed by atoms with Gasteiger partial charge in [0.1, 0.15) is 0 Å². The zero-order chi connectivity index (χ0) is 16.7. The second-order valence-corrected chi connectivity index (χ2v) is 6.48. The van der Waals surface area contributed by atoms with Crippen LogP contribution in [0.5, 0.6) is 0 Å². The van der Waals surface area contributed by atoms with Gasteiger partial charge < -0.3 is 9.68 Å². The number of nitrogens with zero attached hydrogens (tertiary/aromatic N) is 1. The molecule has 1 N–H and O–H groups in total. The van der Waals surface area contributed by atoms with Gasteiger partial charge >= 0.3 is 7.12 Å². The average Bonchev–Trinajstić information content (AvgIpc) is 2.98. The first-order valence-electron chi connectivity index (χ1n) is 8.14. The van der Waals surface area contributed by atoms with Gasteiger partial charge in [-0.1, -0.05) is 24.3 Å². The lowest BCUT2D eigenvalue weighted by molar-refractivity contribution is 0.0901. The summed E-state index contributed by atoms with van der Waals surface area (Å²) in [6.45, 7) is 0.434. The number of nitriles is 1. The Morgan fingerprint density at radius 1 is 1.25 bits per heavy atom. The number of Topliss-reactive ketones (excluding diaryl/α,β-unsaturated/α-hetero) is 1. The van der Waals surface area contributed by atoms with Crippen molar-refractivity contribution < 1.29 is 14.5 Å². The Bertz CT molecular complexity index is 871. The van der Waals surface area contributed by atoms with Crippen LogP contribution >= 0.6 is 0 Å². The second kappa shape index (κ2) is 5.90. The van der Waals surface area contributed by atoms with Crippen LogP contribution in [0.15, 0.2) is 36.4 Å². The van der Waals surface area contributed by atoms with Gasteiger partial charge in [-0.2, -0.15) is 5.26 Å². The molecule has 5 heteroatoms. The van der Waals surface area contributed by atoms with Crippen molar-refractivity contribution in [2.24, 2.45) is 5.92 Å². The van der Waals surface area contributed by atoms with E-state index < -0.39 is 7.12 Å². The minimum Gasteiger partial charge on any atom is -0.423 e. The molecule has 1 atom stereocenters. The lowest BCUT2D eigenvalue weighted by atomic mass is 9.76. The minimum atomic E-state index is -0.860. The van der Waals surface area contributed by atoms with E-state index in [4.69, 9.17) is 9.92 Å². The van der Waals surface area contributed by atoms with E-state index in [-0.39, 0.29) is 11.7 Å².